The summed E-state index contributed by atoms with van der Waals surface area (Å²) in [5.41, 5.74) is 3.35. The Bertz CT molecular complexity index is 1050. The number of carbonyl (C=O) groups is 1. The minimum atomic E-state index is -0.207. The molecule has 28 heavy (non-hydrogen) atoms. The fourth-order valence-electron chi connectivity index (χ4n) is 2.59. The van der Waals surface area contributed by atoms with E-state index in [0.717, 1.165) is 16.8 Å². The fraction of sp³-hybridized carbons (Fsp3) is 0.0455. The number of amides is 1. The molecule has 1 amide bonds. The Hall–Kier alpha value is -3.51. The molecule has 2 aromatic heterocycles. The van der Waals surface area contributed by atoms with Gasteiger partial charge in [-0.1, -0.05) is 30.3 Å². The van der Waals surface area contributed by atoms with Crippen molar-refractivity contribution >= 4 is 22.4 Å². The van der Waals surface area contributed by atoms with Gasteiger partial charge in [0.15, 0.2) is 5.13 Å². The maximum absolute atomic E-state index is 12.5. The van der Waals surface area contributed by atoms with Gasteiger partial charge in [0.2, 0.25) is 0 Å². The average molecular weight is 387 g/mol. The molecule has 1 N–H and O–H groups in total. The molecule has 5 nitrogen and oxygen atoms in total. The van der Waals surface area contributed by atoms with Crippen LogP contribution in [0.1, 0.15) is 15.9 Å². The van der Waals surface area contributed by atoms with Crippen molar-refractivity contribution in [1.29, 1.82) is 0 Å². The lowest BCUT2D eigenvalue weighted by Crippen LogP contribution is -2.11. The largest absolute Gasteiger partial charge is 0.489 e. The molecule has 0 spiro atoms. The molecule has 0 aliphatic heterocycles. The predicted molar refractivity (Wildman–Crippen MR) is 111 cm³/mol. The van der Waals surface area contributed by atoms with Gasteiger partial charge in [-0.05, 0) is 42.0 Å². The molecule has 0 fully saturated rings. The molecule has 138 valence electrons. The van der Waals surface area contributed by atoms with Gasteiger partial charge in [-0.3, -0.25) is 15.1 Å². The Labute approximate surface area is 166 Å². The van der Waals surface area contributed by atoms with Crippen LogP contribution < -0.4 is 10.1 Å². The molecule has 0 bridgehead atoms. The Morgan fingerprint density at radius 3 is 2.57 bits per heavy atom. The number of thiazole rings is 1. The summed E-state index contributed by atoms with van der Waals surface area (Å²) in [5.74, 6) is 0.509. The quantitative estimate of drug-likeness (QED) is 0.504. The van der Waals surface area contributed by atoms with Crippen molar-refractivity contribution in [1.82, 2.24) is 9.97 Å². The van der Waals surface area contributed by atoms with Gasteiger partial charge in [0.25, 0.3) is 5.91 Å². The normalized spacial score (nSPS) is 10.4. The zero-order valence-electron chi connectivity index (χ0n) is 14.9. The highest BCUT2D eigenvalue weighted by atomic mass is 32.1. The number of rotatable bonds is 6. The van der Waals surface area contributed by atoms with E-state index in [9.17, 15) is 4.79 Å². The molecule has 0 saturated carbocycles. The summed E-state index contributed by atoms with van der Waals surface area (Å²) in [4.78, 5) is 21.0. The smallest absolute Gasteiger partial charge is 0.257 e. The first-order valence-electron chi connectivity index (χ1n) is 8.72. The van der Waals surface area contributed by atoms with Crippen LogP contribution in [0.4, 0.5) is 5.13 Å². The van der Waals surface area contributed by atoms with E-state index in [1.165, 1.54) is 11.3 Å². The van der Waals surface area contributed by atoms with Crippen LogP contribution in [0.5, 0.6) is 5.75 Å². The van der Waals surface area contributed by atoms with Crippen molar-refractivity contribution in [2.75, 3.05) is 5.32 Å². The standard InChI is InChI=1S/C22H17N3O2S/c26-21(25-22-24-20(15-28-22)18-7-4-12-23-13-18)17-8-10-19(11-9-17)27-14-16-5-2-1-3-6-16/h1-13,15H,14H2,(H,24,25,26). The van der Waals surface area contributed by atoms with Gasteiger partial charge in [0, 0.05) is 28.9 Å². The molecule has 0 saturated heterocycles. The maximum Gasteiger partial charge on any atom is 0.257 e. The maximum atomic E-state index is 12.5. The van der Waals surface area contributed by atoms with Crippen molar-refractivity contribution in [3.05, 3.63) is 95.6 Å². The van der Waals surface area contributed by atoms with Gasteiger partial charge in [0.05, 0.1) is 5.69 Å². The first kappa shape index (κ1) is 17.9. The van der Waals surface area contributed by atoms with Gasteiger partial charge >= 0.3 is 0 Å². The Morgan fingerprint density at radius 2 is 1.82 bits per heavy atom. The van der Waals surface area contributed by atoms with E-state index >= 15 is 0 Å². The molecule has 4 rings (SSSR count). The zero-order valence-corrected chi connectivity index (χ0v) is 15.7. The number of nitrogens with one attached hydrogen (secondary N) is 1. The highest BCUT2D eigenvalue weighted by Crippen LogP contribution is 2.24. The van der Waals surface area contributed by atoms with Crippen LogP contribution >= 0.6 is 11.3 Å². The number of hydrogen-bond acceptors (Lipinski definition) is 5. The van der Waals surface area contributed by atoms with E-state index in [1.54, 1.807) is 36.7 Å². The lowest BCUT2D eigenvalue weighted by atomic mass is 10.2. The number of ether oxygens (including phenoxy) is 1. The molecule has 0 aliphatic rings. The third-order valence-electron chi connectivity index (χ3n) is 4.05. The summed E-state index contributed by atoms with van der Waals surface area (Å²) in [5, 5.41) is 5.28. The number of anilines is 1. The summed E-state index contributed by atoms with van der Waals surface area (Å²) >= 11 is 1.38. The third-order valence-corrected chi connectivity index (χ3v) is 4.80. The van der Waals surface area contributed by atoms with Crippen molar-refractivity contribution < 1.29 is 9.53 Å². The van der Waals surface area contributed by atoms with Crippen LogP contribution in [0.15, 0.2) is 84.5 Å². The predicted octanol–water partition coefficient (Wildman–Crippen LogP) is 5.04. The molecule has 6 heteroatoms. The van der Waals surface area contributed by atoms with Crippen LogP contribution in [-0.4, -0.2) is 15.9 Å². The molecular weight excluding hydrogens is 370 g/mol. The Kier molecular flexibility index (Phi) is 5.40. The lowest BCUT2D eigenvalue weighted by Gasteiger charge is -2.07. The second kappa shape index (κ2) is 8.45. The first-order valence-corrected chi connectivity index (χ1v) is 9.60. The lowest BCUT2D eigenvalue weighted by molar-refractivity contribution is 0.102. The van der Waals surface area contributed by atoms with Crippen LogP contribution in [0.2, 0.25) is 0 Å². The van der Waals surface area contributed by atoms with Gasteiger partial charge in [0.1, 0.15) is 12.4 Å². The summed E-state index contributed by atoms with van der Waals surface area (Å²) in [7, 11) is 0. The Morgan fingerprint density at radius 1 is 1.00 bits per heavy atom. The number of pyridine rings is 1. The van der Waals surface area contributed by atoms with E-state index in [2.05, 4.69) is 15.3 Å². The molecule has 0 radical (unpaired) electrons. The molecule has 0 atom stereocenters. The van der Waals surface area contributed by atoms with Crippen molar-refractivity contribution in [3.63, 3.8) is 0 Å². The van der Waals surface area contributed by atoms with E-state index < -0.39 is 0 Å². The van der Waals surface area contributed by atoms with Crippen molar-refractivity contribution in [2.24, 2.45) is 0 Å². The fourth-order valence-corrected chi connectivity index (χ4v) is 3.31. The van der Waals surface area contributed by atoms with Crippen LogP contribution in [-0.2, 0) is 6.61 Å². The molecule has 2 aromatic carbocycles. The highest BCUT2D eigenvalue weighted by Gasteiger charge is 2.10. The average Bonchev–Trinajstić information content (AvgIpc) is 3.22. The number of hydrogen-bond donors (Lipinski definition) is 1. The highest BCUT2D eigenvalue weighted by molar-refractivity contribution is 7.14. The number of aromatic nitrogens is 2. The summed E-state index contributed by atoms with van der Waals surface area (Å²) in [6.45, 7) is 0.489. The summed E-state index contributed by atoms with van der Waals surface area (Å²) < 4.78 is 5.75. The van der Waals surface area contributed by atoms with E-state index in [0.29, 0.717) is 23.1 Å². The van der Waals surface area contributed by atoms with E-state index in [4.69, 9.17) is 4.74 Å². The number of carbonyl (C=O) groups excluding carboxylic acids is 1. The summed E-state index contributed by atoms with van der Waals surface area (Å²) in [6, 6.07) is 20.8. The van der Waals surface area contributed by atoms with Crippen LogP contribution in [0.3, 0.4) is 0 Å². The van der Waals surface area contributed by atoms with E-state index in [-0.39, 0.29) is 5.91 Å². The minimum Gasteiger partial charge on any atom is -0.489 e. The van der Waals surface area contributed by atoms with Gasteiger partial charge < -0.3 is 4.74 Å². The summed E-state index contributed by atoms with van der Waals surface area (Å²) in [6.07, 6.45) is 3.46. The topological polar surface area (TPSA) is 64.1 Å². The van der Waals surface area contributed by atoms with Gasteiger partial charge in [-0.25, -0.2) is 4.98 Å². The third kappa shape index (κ3) is 4.42. The molecule has 4 aromatic rings. The molecule has 0 unspecified atom stereocenters. The van der Waals surface area contributed by atoms with Gasteiger partial charge in [-0.2, -0.15) is 0 Å². The molecule has 2 heterocycles. The first-order chi connectivity index (χ1) is 13.8. The second-order valence-electron chi connectivity index (χ2n) is 6.03. The minimum absolute atomic E-state index is 0.207. The van der Waals surface area contributed by atoms with Gasteiger partial charge in [-0.15, -0.1) is 11.3 Å². The molecular formula is C22H17N3O2S. The van der Waals surface area contributed by atoms with Crippen molar-refractivity contribution in [3.8, 4) is 17.0 Å². The second-order valence-corrected chi connectivity index (χ2v) is 6.89. The zero-order chi connectivity index (χ0) is 19.2. The van der Waals surface area contributed by atoms with Crippen LogP contribution in [0.25, 0.3) is 11.3 Å². The van der Waals surface area contributed by atoms with Crippen molar-refractivity contribution in [2.45, 2.75) is 6.61 Å². The number of benzene rings is 2. The molecule has 0 aliphatic carbocycles. The Balaban J connectivity index is 1.37. The monoisotopic (exact) mass is 387 g/mol. The number of nitrogens with zero attached hydrogens (tertiary/aromatic N) is 2. The van der Waals surface area contributed by atoms with E-state index in [1.807, 2.05) is 47.8 Å². The SMILES string of the molecule is O=C(Nc1nc(-c2cccnc2)cs1)c1ccc(OCc2ccccc2)cc1. The van der Waals surface area contributed by atoms with Crippen LogP contribution in [0, 0.1) is 0 Å².